The summed E-state index contributed by atoms with van der Waals surface area (Å²) in [5, 5.41) is 10.5. The predicted octanol–water partition coefficient (Wildman–Crippen LogP) is 7.78. The highest BCUT2D eigenvalue weighted by molar-refractivity contribution is 5.79. The normalized spacial score (nSPS) is 21.3. The molecule has 47 heavy (non-hydrogen) atoms. The maximum absolute atomic E-state index is 14.6. The van der Waals surface area contributed by atoms with Crippen molar-refractivity contribution in [1.82, 2.24) is 14.4 Å². The van der Waals surface area contributed by atoms with Crippen molar-refractivity contribution in [3.8, 4) is 28.1 Å². The Morgan fingerprint density at radius 3 is 2.57 bits per heavy atom. The molecular formula is C37H45FN4O5. The first-order chi connectivity index (χ1) is 22.3. The standard InChI is InChI=1S/C37H45FN4O5/c1-23-10-7-8-19-45-37(6)15-17-41(18-16-37)33-31(32(34(43)44)47-36(3,4)5)24(2)39-35-40-29(22-42(33)35)26-12-9-11-25(20-26)28-21-27(38)13-14-30(28)46-23/h9,11-14,20-23,32H,7-8,10,15-19H2,1-6H3,(H,43,44)/t23-,32-/m0/s1. The number of carbonyl (C=O) groups is 1. The number of piperidine rings is 1. The number of imidazole rings is 1. The average molecular weight is 645 g/mol. The number of aryl methyl sites for hydroxylation is 1. The Bertz CT molecular complexity index is 1770. The summed E-state index contributed by atoms with van der Waals surface area (Å²) in [5.41, 5.74) is 3.00. The maximum atomic E-state index is 14.6. The number of halogens is 1. The number of carboxylic acid groups (broad SMARTS) is 1. The molecule has 3 aliphatic heterocycles. The van der Waals surface area contributed by atoms with Gasteiger partial charge >= 0.3 is 5.97 Å². The van der Waals surface area contributed by atoms with Crippen molar-refractivity contribution >= 4 is 17.6 Å². The lowest BCUT2D eigenvalue weighted by Gasteiger charge is -2.41. The predicted molar refractivity (Wildman–Crippen MR) is 180 cm³/mol. The molecule has 6 bridgehead atoms. The van der Waals surface area contributed by atoms with Gasteiger partial charge in [0.2, 0.25) is 5.78 Å². The molecule has 4 aromatic rings. The molecule has 0 amide bonds. The number of carboxylic acids is 1. The van der Waals surface area contributed by atoms with E-state index in [2.05, 4.69) is 11.8 Å². The Morgan fingerprint density at radius 1 is 1.11 bits per heavy atom. The molecule has 1 fully saturated rings. The van der Waals surface area contributed by atoms with E-state index in [0.717, 1.165) is 43.2 Å². The van der Waals surface area contributed by atoms with Crippen LogP contribution in [-0.4, -0.2) is 62.4 Å². The molecule has 9 nitrogen and oxygen atoms in total. The van der Waals surface area contributed by atoms with Crippen LogP contribution in [0.25, 0.3) is 28.2 Å². The average Bonchev–Trinajstić information content (AvgIpc) is 3.43. The first-order valence-electron chi connectivity index (χ1n) is 16.6. The Balaban J connectivity index is 1.53. The molecule has 0 saturated carbocycles. The Kier molecular flexibility index (Phi) is 9.02. The molecular weight excluding hydrogens is 599 g/mol. The molecule has 0 radical (unpaired) electrons. The SMILES string of the molecule is Cc1nc2nc3cn2c(c1[C@H](OC(C)(C)C)C(=O)O)N1CCC(C)(CC1)OCCCC[C@H](C)Oc1ccc(F)cc1-c1cccc-3c1. The van der Waals surface area contributed by atoms with Gasteiger partial charge in [-0.05, 0) is 103 Å². The number of ether oxygens (including phenoxy) is 3. The van der Waals surface area contributed by atoms with Gasteiger partial charge in [0.25, 0.3) is 0 Å². The zero-order chi connectivity index (χ0) is 33.5. The number of aliphatic carboxylic acids is 1. The lowest BCUT2D eigenvalue weighted by molar-refractivity contribution is -0.160. The van der Waals surface area contributed by atoms with Gasteiger partial charge in [-0.25, -0.2) is 19.2 Å². The first kappa shape index (κ1) is 32.9. The van der Waals surface area contributed by atoms with Crippen LogP contribution in [0, 0.1) is 12.7 Å². The molecule has 7 rings (SSSR count). The van der Waals surface area contributed by atoms with Crippen LogP contribution in [0.15, 0.2) is 48.7 Å². The van der Waals surface area contributed by atoms with Crippen LogP contribution in [0.1, 0.15) is 84.1 Å². The Morgan fingerprint density at radius 2 is 1.85 bits per heavy atom. The van der Waals surface area contributed by atoms with Crippen molar-refractivity contribution in [2.24, 2.45) is 0 Å². The topological polar surface area (TPSA) is 98.4 Å². The van der Waals surface area contributed by atoms with E-state index in [1.165, 1.54) is 12.1 Å². The highest BCUT2D eigenvalue weighted by Gasteiger charge is 2.37. The fourth-order valence-electron chi connectivity index (χ4n) is 6.60. The van der Waals surface area contributed by atoms with Gasteiger partial charge in [0.05, 0.1) is 34.3 Å². The molecule has 250 valence electrons. The van der Waals surface area contributed by atoms with Crippen molar-refractivity contribution < 1.29 is 28.5 Å². The van der Waals surface area contributed by atoms with Crippen molar-refractivity contribution in [1.29, 1.82) is 0 Å². The van der Waals surface area contributed by atoms with Crippen LogP contribution in [-0.2, 0) is 14.3 Å². The number of fused-ring (bicyclic) bond motifs is 8. The molecule has 0 aliphatic carbocycles. The van der Waals surface area contributed by atoms with Gasteiger partial charge in [-0.2, -0.15) is 0 Å². The highest BCUT2D eigenvalue weighted by Crippen LogP contribution is 2.39. The molecule has 3 aliphatic rings. The molecule has 2 atom stereocenters. The number of nitrogens with zero attached hydrogens (tertiary/aromatic N) is 4. The Labute approximate surface area is 275 Å². The van der Waals surface area contributed by atoms with E-state index in [0.29, 0.717) is 59.6 Å². The molecule has 1 saturated heterocycles. The van der Waals surface area contributed by atoms with Gasteiger partial charge in [0.15, 0.2) is 6.10 Å². The molecule has 1 N–H and O–H groups in total. The van der Waals surface area contributed by atoms with E-state index in [4.69, 9.17) is 24.2 Å². The minimum absolute atomic E-state index is 0.0518. The minimum Gasteiger partial charge on any atom is -0.490 e. The van der Waals surface area contributed by atoms with E-state index in [9.17, 15) is 14.3 Å². The molecule has 2 aromatic heterocycles. The molecule has 5 heterocycles. The summed E-state index contributed by atoms with van der Waals surface area (Å²) < 4.78 is 35.5. The number of aromatic nitrogens is 3. The summed E-state index contributed by atoms with van der Waals surface area (Å²) in [5.74, 6) is 0.375. The van der Waals surface area contributed by atoms with Crippen LogP contribution < -0.4 is 9.64 Å². The van der Waals surface area contributed by atoms with Gasteiger partial charge < -0.3 is 24.2 Å². The fourth-order valence-corrected chi connectivity index (χ4v) is 6.60. The van der Waals surface area contributed by atoms with Crippen LogP contribution in [0.3, 0.4) is 0 Å². The smallest absolute Gasteiger partial charge is 0.337 e. The first-order valence-corrected chi connectivity index (χ1v) is 16.6. The van der Waals surface area contributed by atoms with E-state index in [1.54, 1.807) is 6.07 Å². The quantitative estimate of drug-likeness (QED) is 0.242. The lowest BCUT2D eigenvalue weighted by atomic mass is 9.92. The third-order valence-electron chi connectivity index (χ3n) is 9.09. The van der Waals surface area contributed by atoms with Crippen molar-refractivity contribution in [3.63, 3.8) is 0 Å². The fraction of sp³-hybridized carbons (Fsp3) is 0.486. The van der Waals surface area contributed by atoms with Crippen LogP contribution in [0.4, 0.5) is 10.2 Å². The Hall–Kier alpha value is -4.02. The maximum Gasteiger partial charge on any atom is 0.337 e. The zero-order valence-corrected chi connectivity index (χ0v) is 28.2. The monoisotopic (exact) mass is 644 g/mol. The number of anilines is 1. The zero-order valence-electron chi connectivity index (χ0n) is 28.2. The minimum atomic E-state index is -1.24. The third kappa shape index (κ3) is 7.13. The van der Waals surface area contributed by atoms with Crippen molar-refractivity contribution in [2.75, 3.05) is 24.6 Å². The summed E-state index contributed by atoms with van der Waals surface area (Å²) in [6, 6.07) is 12.4. The van der Waals surface area contributed by atoms with Crippen LogP contribution in [0.2, 0.25) is 0 Å². The third-order valence-corrected chi connectivity index (χ3v) is 9.09. The van der Waals surface area contributed by atoms with E-state index in [1.807, 2.05) is 69.5 Å². The molecule has 10 heteroatoms. The van der Waals surface area contributed by atoms with Gasteiger partial charge in [-0.15, -0.1) is 0 Å². The summed E-state index contributed by atoms with van der Waals surface area (Å²) >= 11 is 0. The van der Waals surface area contributed by atoms with Gasteiger partial charge in [-0.1, -0.05) is 18.2 Å². The summed E-state index contributed by atoms with van der Waals surface area (Å²) in [7, 11) is 0. The molecule has 0 unspecified atom stereocenters. The molecule has 0 spiro atoms. The van der Waals surface area contributed by atoms with Crippen LogP contribution >= 0.6 is 0 Å². The van der Waals surface area contributed by atoms with Crippen molar-refractivity contribution in [2.45, 2.75) is 97.1 Å². The number of rotatable bonds is 3. The second kappa shape index (κ2) is 12.9. The van der Waals surface area contributed by atoms with Gasteiger partial charge in [0.1, 0.15) is 17.4 Å². The number of hydrogen-bond acceptors (Lipinski definition) is 7. The van der Waals surface area contributed by atoms with Crippen LogP contribution in [0.5, 0.6) is 5.75 Å². The van der Waals surface area contributed by atoms with Gasteiger partial charge in [0, 0.05) is 37.0 Å². The lowest BCUT2D eigenvalue weighted by Crippen LogP contribution is -2.45. The number of benzene rings is 2. The largest absolute Gasteiger partial charge is 0.490 e. The summed E-state index contributed by atoms with van der Waals surface area (Å²) in [6.45, 7) is 13.6. The number of hydrogen-bond donors (Lipinski definition) is 1. The van der Waals surface area contributed by atoms with E-state index < -0.39 is 17.7 Å². The van der Waals surface area contributed by atoms with E-state index >= 15 is 0 Å². The second-order valence-corrected chi connectivity index (χ2v) is 14.1. The second-order valence-electron chi connectivity index (χ2n) is 14.1. The van der Waals surface area contributed by atoms with Gasteiger partial charge in [-0.3, -0.25) is 4.40 Å². The van der Waals surface area contributed by atoms with Crippen molar-refractivity contribution in [3.05, 3.63) is 65.7 Å². The molecule has 2 aromatic carbocycles. The highest BCUT2D eigenvalue weighted by atomic mass is 19.1. The summed E-state index contributed by atoms with van der Waals surface area (Å²) in [4.78, 5) is 24.8. The van der Waals surface area contributed by atoms with E-state index in [-0.39, 0.29) is 17.5 Å². The summed E-state index contributed by atoms with van der Waals surface area (Å²) in [6.07, 6.45) is 4.88.